The number of fused-ring (bicyclic) bond motifs is 1. The molecule has 1 aromatic heterocycles. The molecule has 2 aliphatic heterocycles. The summed E-state index contributed by atoms with van der Waals surface area (Å²) in [5, 5.41) is -0.245. The molecule has 8 nitrogen and oxygen atoms in total. The molecule has 0 spiro atoms. The topological polar surface area (TPSA) is 91.8 Å². The van der Waals surface area contributed by atoms with Crippen molar-refractivity contribution < 1.29 is 27.1 Å². The van der Waals surface area contributed by atoms with Crippen LogP contribution in [0.15, 0.2) is 40.1 Å². The van der Waals surface area contributed by atoms with Crippen molar-refractivity contribution in [2.75, 3.05) is 6.61 Å². The van der Waals surface area contributed by atoms with Gasteiger partial charge in [-0.2, -0.15) is 0 Å². The minimum atomic E-state index is -2.88. The Morgan fingerprint density at radius 1 is 1.38 bits per heavy atom. The smallest absolute Gasteiger partial charge is 0.397 e. The lowest BCUT2D eigenvalue weighted by Gasteiger charge is -2.31. The van der Waals surface area contributed by atoms with Crippen LogP contribution in [0.1, 0.15) is 24.6 Å². The Morgan fingerprint density at radius 3 is 2.97 bits per heavy atom. The van der Waals surface area contributed by atoms with Gasteiger partial charge in [0, 0.05) is 11.8 Å². The second-order valence-corrected chi connectivity index (χ2v) is 8.14. The number of alkyl halides is 2. The fourth-order valence-corrected chi connectivity index (χ4v) is 4.36. The van der Waals surface area contributed by atoms with Crippen LogP contribution in [0.25, 0.3) is 0 Å². The van der Waals surface area contributed by atoms with Gasteiger partial charge in [0.15, 0.2) is 5.60 Å². The number of benzene rings is 1. The standard InChI is InChI=1S/C17H16ClF2N2O6P/c18-11-7-22(16(24)21-14(11)23)13-5-6-17(27-13,15(19)20)9-26-29-25-8-10-3-1-2-4-12(10)28-29/h1-4,7,13,15H,5-6,8-9H2,(H,21,23,24). The molecule has 0 aliphatic carbocycles. The lowest BCUT2D eigenvalue weighted by atomic mass is 10.0. The molecule has 0 saturated carbocycles. The van der Waals surface area contributed by atoms with Gasteiger partial charge in [-0.3, -0.25) is 23.4 Å². The fourth-order valence-electron chi connectivity index (χ4n) is 3.12. The van der Waals surface area contributed by atoms with Gasteiger partial charge in [0.25, 0.3) is 12.0 Å². The summed E-state index contributed by atoms with van der Waals surface area (Å²) >= 11 is 5.74. The van der Waals surface area contributed by atoms with E-state index in [1.54, 1.807) is 12.1 Å². The first-order valence-electron chi connectivity index (χ1n) is 8.67. The van der Waals surface area contributed by atoms with Crippen molar-refractivity contribution in [3.63, 3.8) is 0 Å². The second kappa shape index (κ2) is 8.12. The van der Waals surface area contributed by atoms with E-state index in [4.69, 9.17) is 29.9 Å². The van der Waals surface area contributed by atoms with Gasteiger partial charge in [-0.15, -0.1) is 0 Å². The molecular formula is C17H16ClF2N2O6P. The molecule has 156 valence electrons. The van der Waals surface area contributed by atoms with E-state index in [0.29, 0.717) is 5.75 Å². The lowest BCUT2D eigenvalue weighted by molar-refractivity contribution is -0.167. The minimum absolute atomic E-state index is 0.0712. The number of para-hydroxylation sites is 1. The Morgan fingerprint density at radius 2 is 2.17 bits per heavy atom. The molecular weight excluding hydrogens is 433 g/mol. The molecule has 1 fully saturated rings. The third-order valence-corrected chi connectivity index (χ3v) is 6.00. The Hall–Kier alpha value is -1.84. The summed E-state index contributed by atoms with van der Waals surface area (Å²) < 4.78 is 50.8. The molecule has 1 saturated heterocycles. The van der Waals surface area contributed by atoms with Crippen LogP contribution in [-0.2, 0) is 20.4 Å². The van der Waals surface area contributed by atoms with E-state index in [1.807, 2.05) is 17.1 Å². The first-order chi connectivity index (χ1) is 13.9. The van der Waals surface area contributed by atoms with Gasteiger partial charge in [0.05, 0.1) is 13.2 Å². The number of ether oxygens (including phenoxy) is 1. The van der Waals surface area contributed by atoms with Crippen LogP contribution in [0, 0.1) is 0 Å². The molecule has 3 unspecified atom stereocenters. The van der Waals surface area contributed by atoms with Crippen molar-refractivity contribution in [2.45, 2.75) is 37.7 Å². The summed E-state index contributed by atoms with van der Waals surface area (Å²) in [4.78, 5) is 25.4. The van der Waals surface area contributed by atoms with E-state index in [-0.39, 0.29) is 24.5 Å². The molecule has 1 aromatic carbocycles. The SMILES string of the molecule is O=c1[nH]c(=O)n(C2CCC(COP3OCc4ccccc4O3)(C(F)F)O2)cc1Cl. The van der Waals surface area contributed by atoms with Crippen molar-refractivity contribution >= 4 is 20.2 Å². The predicted molar refractivity (Wildman–Crippen MR) is 99.2 cm³/mol. The maximum Gasteiger partial charge on any atom is 0.397 e. The van der Waals surface area contributed by atoms with E-state index < -0.39 is 44.7 Å². The molecule has 3 atom stereocenters. The van der Waals surface area contributed by atoms with Gasteiger partial charge >= 0.3 is 14.3 Å². The van der Waals surface area contributed by atoms with Crippen molar-refractivity contribution in [3.05, 3.63) is 61.9 Å². The van der Waals surface area contributed by atoms with Crippen LogP contribution >= 0.6 is 20.2 Å². The number of rotatable bonds is 5. The van der Waals surface area contributed by atoms with Crippen LogP contribution < -0.4 is 15.8 Å². The zero-order chi connectivity index (χ0) is 20.6. The van der Waals surface area contributed by atoms with E-state index >= 15 is 0 Å². The summed E-state index contributed by atoms with van der Waals surface area (Å²) in [5.41, 5.74) is -2.66. The van der Waals surface area contributed by atoms with Crippen LogP contribution in [0.3, 0.4) is 0 Å². The maximum atomic E-state index is 13.9. The van der Waals surface area contributed by atoms with Gasteiger partial charge in [-0.1, -0.05) is 29.8 Å². The van der Waals surface area contributed by atoms with Crippen LogP contribution in [0.5, 0.6) is 5.75 Å². The summed E-state index contributed by atoms with van der Waals surface area (Å²) in [6.07, 6.45) is -2.79. The van der Waals surface area contributed by atoms with E-state index in [0.717, 1.165) is 16.3 Å². The Balaban J connectivity index is 1.46. The highest BCUT2D eigenvalue weighted by Gasteiger charge is 2.50. The van der Waals surface area contributed by atoms with Crippen molar-refractivity contribution in [1.29, 1.82) is 0 Å². The third-order valence-electron chi connectivity index (χ3n) is 4.70. The zero-order valence-electron chi connectivity index (χ0n) is 14.8. The molecule has 2 aliphatic rings. The van der Waals surface area contributed by atoms with E-state index in [1.165, 1.54) is 0 Å². The van der Waals surface area contributed by atoms with Crippen LogP contribution in [0.2, 0.25) is 5.02 Å². The second-order valence-electron chi connectivity index (χ2n) is 6.59. The Kier molecular flexibility index (Phi) is 5.72. The first kappa shape index (κ1) is 20.4. The molecule has 2 aromatic rings. The number of aromatic nitrogens is 2. The number of nitrogens with one attached hydrogen (secondary N) is 1. The average molecular weight is 449 g/mol. The maximum absolute atomic E-state index is 13.9. The largest absolute Gasteiger partial charge is 0.426 e. The average Bonchev–Trinajstić information content (AvgIpc) is 3.15. The quantitative estimate of drug-likeness (QED) is 0.705. The Labute approximate surface area is 169 Å². The summed E-state index contributed by atoms with van der Waals surface area (Å²) in [7, 11) is -1.87. The monoisotopic (exact) mass is 448 g/mol. The normalized spacial score (nSPS) is 26.3. The van der Waals surface area contributed by atoms with Crippen LogP contribution in [-0.4, -0.2) is 28.2 Å². The molecule has 0 bridgehead atoms. The fraction of sp³-hybridized carbons (Fsp3) is 0.412. The molecule has 3 heterocycles. The highest BCUT2D eigenvalue weighted by Crippen LogP contribution is 2.49. The van der Waals surface area contributed by atoms with Gasteiger partial charge < -0.3 is 9.26 Å². The number of aromatic amines is 1. The number of halogens is 3. The lowest BCUT2D eigenvalue weighted by Crippen LogP contribution is -2.42. The zero-order valence-corrected chi connectivity index (χ0v) is 16.5. The highest BCUT2D eigenvalue weighted by atomic mass is 35.5. The van der Waals surface area contributed by atoms with E-state index in [9.17, 15) is 18.4 Å². The molecule has 0 amide bonds. The summed E-state index contributed by atoms with van der Waals surface area (Å²) in [6.45, 7) is -0.237. The number of nitrogens with zero attached hydrogens (tertiary/aromatic N) is 1. The molecule has 1 N–H and O–H groups in total. The van der Waals surface area contributed by atoms with Crippen LogP contribution in [0.4, 0.5) is 8.78 Å². The Bertz CT molecular complexity index is 1020. The summed E-state index contributed by atoms with van der Waals surface area (Å²) in [6, 6.07) is 7.20. The third kappa shape index (κ3) is 4.08. The van der Waals surface area contributed by atoms with E-state index in [2.05, 4.69) is 0 Å². The number of hydrogen-bond acceptors (Lipinski definition) is 6. The molecule has 4 rings (SSSR count). The van der Waals surface area contributed by atoms with Gasteiger partial charge in [0.1, 0.15) is 17.0 Å². The first-order valence-corrected chi connectivity index (χ1v) is 10.1. The van der Waals surface area contributed by atoms with Gasteiger partial charge in [-0.25, -0.2) is 13.6 Å². The van der Waals surface area contributed by atoms with Crippen molar-refractivity contribution in [3.8, 4) is 5.75 Å². The highest BCUT2D eigenvalue weighted by molar-refractivity contribution is 7.42. The number of hydrogen-bond donors (Lipinski definition) is 1. The molecule has 0 radical (unpaired) electrons. The van der Waals surface area contributed by atoms with Crippen molar-refractivity contribution in [1.82, 2.24) is 9.55 Å². The van der Waals surface area contributed by atoms with Crippen molar-refractivity contribution in [2.24, 2.45) is 0 Å². The van der Waals surface area contributed by atoms with Gasteiger partial charge in [-0.05, 0) is 18.9 Å². The minimum Gasteiger partial charge on any atom is -0.426 e. The molecule has 12 heteroatoms. The predicted octanol–water partition coefficient (Wildman–Crippen LogP) is 3.36. The van der Waals surface area contributed by atoms with Gasteiger partial charge in [0.2, 0.25) is 0 Å². The molecule has 29 heavy (non-hydrogen) atoms. The number of H-pyrrole nitrogens is 1. The summed E-state index contributed by atoms with van der Waals surface area (Å²) in [5.74, 6) is 0.579.